The molecule has 1 aliphatic carbocycles. The predicted molar refractivity (Wildman–Crippen MR) is 84.7 cm³/mol. The van der Waals surface area contributed by atoms with Gasteiger partial charge in [-0.05, 0) is 36.5 Å². The van der Waals surface area contributed by atoms with Crippen LogP contribution >= 0.6 is 15.9 Å². The number of carboxylic acids is 1. The van der Waals surface area contributed by atoms with Gasteiger partial charge in [-0.2, -0.15) is 0 Å². The Kier molecular flexibility index (Phi) is 4.56. The van der Waals surface area contributed by atoms with Gasteiger partial charge >= 0.3 is 12.0 Å². The fraction of sp³-hybridized carbons (Fsp3) is 0.467. The predicted octanol–water partition coefficient (Wildman–Crippen LogP) is 3.85. The molecule has 3 N–H and O–H groups in total. The normalized spacial score (nSPS) is 20.0. The molecular formula is C15H19BrN2O3. The first-order valence-electron chi connectivity index (χ1n) is 6.90. The Morgan fingerprint density at radius 2 is 2.10 bits per heavy atom. The summed E-state index contributed by atoms with van der Waals surface area (Å²) in [5, 5.41) is 14.8. The van der Waals surface area contributed by atoms with Crippen LogP contribution in [0, 0.1) is 5.41 Å². The van der Waals surface area contributed by atoms with Gasteiger partial charge in [0.25, 0.3) is 0 Å². The molecule has 1 aliphatic rings. The molecular weight excluding hydrogens is 336 g/mol. The van der Waals surface area contributed by atoms with Crippen LogP contribution in [0.2, 0.25) is 0 Å². The van der Waals surface area contributed by atoms with E-state index in [-0.39, 0.29) is 23.1 Å². The number of hydrogen-bond acceptors (Lipinski definition) is 2. The van der Waals surface area contributed by atoms with Crippen molar-refractivity contribution < 1.29 is 14.7 Å². The van der Waals surface area contributed by atoms with Crippen LogP contribution < -0.4 is 10.6 Å². The van der Waals surface area contributed by atoms with Crippen molar-refractivity contribution in [3.63, 3.8) is 0 Å². The number of halogens is 1. The minimum absolute atomic E-state index is 0.0604. The van der Waals surface area contributed by atoms with Crippen LogP contribution in [-0.4, -0.2) is 23.1 Å². The molecule has 1 saturated carbocycles. The zero-order valence-corrected chi connectivity index (χ0v) is 13.7. The second-order valence-electron chi connectivity index (χ2n) is 6.03. The van der Waals surface area contributed by atoms with Crippen molar-refractivity contribution in [2.45, 2.75) is 39.2 Å². The van der Waals surface area contributed by atoms with Crippen molar-refractivity contribution in [3.8, 4) is 0 Å². The number of benzene rings is 1. The SMILES string of the molecule is CC1(C)CCCC1NC(=O)Nc1ccc(Br)cc1C(=O)O. The Morgan fingerprint density at radius 3 is 2.67 bits per heavy atom. The largest absolute Gasteiger partial charge is 0.478 e. The molecule has 1 aromatic carbocycles. The van der Waals surface area contributed by atoms with Gasteiger partial charge in [0.2, 0.25) is 0 Å². The van der Waals surface area contributed by atoms with E-state index in [4.69, 9.17) is 0 Å². The monoisotopic (exact) mass is 354 g/mol. The number of rotatable bonds is 3. The molecule has 1 fully saturated rings. The molecule has 0 spiro atoms. The minimum atomic E-state index is -1.08. The summed E-state index contributed by atoms with van der Waals surface area (Å²) in [6, 6.07) is 4.49. The van der Waals surface area contributed by atoms with Crippen LogP contribution in [0.5, 0.6) is 0 Å². The summed E-state index contributed by atoms with van der Waals surface area (Å²) in [5.74, 6) is -1.08. The number of anilines is 1. The fourth-order valence-electron chi connectivity index (χ4n) is 2.71. The van der Waals surface area contributed by atoms with Crippen LogP contribution in [-0.2, 0) is 0 Å². The highest BCUT2D eigenvalue weighted by Gasteiger charge is 2.35. The number of aromatic carboxylic acids is 1. The summed E-state index contributed by atoms with van der Waals surface area (Å²) >= 11 is 3.23. The van der Waals surface area contributed by atoms with Gasteiger partial charge in [-0.25, -0.2) is 9.59 Å². The lowest BCUT2D eigenvalue weighted by atomic mass is 9.87. The topological polar surface area (TPSA) is 78.4 Å². The summed E-state index contributed by atoms with van der Waals surface area (Å²) in [6.07, 6.45) is 3.12. The van der Waals surface area contributed by atoms with Gasteiger partial charge in [-0.3, -0.25) is 0 Å². The van der Waals surface area contributed by atoms with Crippen LogP contribution in [0.4, 0.5) is 10.5 Å². The van der Waals surface area contributed by atoms with Crippen LogP contribution in [0.15, 0.2) is 22.7 Å². The Hall–Kier alpha value is -1.56. The van der Waals surface area contributed by atoms with E-state index in [9.17, 15) is 14.7 Å². The van der Waals surface area contributed by atoms with Gasteiger partial charge < -0.3 is 15.7 Å². The maximum absolute atomic E-state index is 12.1. The first-order chi connectivity index (χ1) is 9.79. The van der Waals surface area contributed by atoms with Gasteiger partial charge in [0.05, 0.1) is 11.3 Å². The standard InChI is InChI=1S/C15H19BrN2O3/c1-15(2)7-3-4-12(15)18-14(21)17-11-6-5-9(16)8-10(11)13(19)20/h5-6,8,12H,3-4,7H2,1-2H3,(H,19,20)(H2,17,18,21). The molecule has 5 nitrogen and oxygen atoms in total. The molecule has 2 amide bonds. The number of urea groups is 1. The third kappa shape index (κ3) is 3.75. The molecule has 114 valence electrons. The average Bonchev–Trinajstić information content (AvgIpc) is 2.70. The first kappa shape index (κ1) is 15.8. The summed E-state index contributed by atoms with van der Waals surface area (Å²) in [4.78, 5) is 23.3. The molecule has 0 bridgehead atoms. The zero-order valence-electron chi connectivity index (χ0n) is 12.1. The highest BCUT2D eigenvalue weighted by Crippen LogP contribution is 2.37. The smallest absolute Gasteiger partial charge is 0.337 e. The summed E-state index contributed by atoms with van der Waals surface area (Å²) < 4.78 is 0.655. The summed E-state index contributed by atoms with van der Waals surface area (Å²) in [7, 11) is 0. The van der Waals surface area contributed by atoms with Gasteiger partial charge in [0.15, 0.2) is 0 Å². The number of amides is 2. The lowest BCUT2D eigenvalue weighted by Gasteiger charge is -2.27. The Balaban J connectivity index is 2.08. The van der Waals surface area contributed by atoms with Crippen molar-refractivity contribution in [3.05, 3.63) is 28.2 Å². The second-order valence-corrected chi connectivity index (χ2v) is 6.94. The van der Waals surface area contributed by atoms with E-state index in [1.807, 2.05) is 0 Å². The average molecular weight is 355 g/mol. The molecule has 1 unspecified atom stereocenters. The van der Waals surface area contributed by atoms with E-state index < -0.39 is 5.97 Å². The van der Waals surface area contributed by atoms with Gasteiger partial charge in [-0.1, -0.05) is 36.2 Å². The lowest BCUT2D eigenvalue weighted by Crippen LogP contribution is -2.43. The lowest BCUT2D eigenvalue weighted by molar-refractivity contribution is 0.0698. The molecule has 0 aliphatic heterocycles. The summed E-state index contributed by atoms with van der Waals surface area (Å²) in [6.45, 7) is 4.26. The third-order valence-electron chi connectivity index (χ3n) is 4.02. The maximum Gasteiger partial charge on any atom is 0.337 e. The molecule has 1 aromatic rings. The fourth-order valence-corrected chi connectivity index (χ4v) is 3.07. The van der Waals surface area contributed by atoms with Crippen LogP contribution in [0.3, 0.4) is 0 Å². The molecule has 2 rings (SSSR count). The van der Waals surface area contributed by atoms with Gasteiger partial charge in [0.1, 0.15) is 0 Å². The first-order valence-corrected chi connectivity index (χ1v) is 7.69. The Bertz CT molecular complexity index is 572. The number of carboxylic acid groups (broad SMARTS) is 1. The third-order valence-corrected chi connectivity index (χ3v) is 4.52. The van der Waals surface area contributed by atoms with E-state index in [0.717, 1.165) is 19.3 Å². The molecule has 0 radical (unpaired) electrons. The van der Waals surface area contributed by atoms with Crippen molar-refractivity contribution in [1.82, 2.24) is 5.32 Å². The number of nitrogens with one attached hydrogen (secondary N) is 2. The summed E-state index contributed by atoms with van der Waals surface area (Å²) in [5.41, 5.74) is 0.427. The number of carbonyl (C=O) groups is 2. The van der Waals surface area contributed by atoms with Gasteiger partial charge in [-0.15, -0.1) is 0 Å². The van der Waals surface area contributed by atoms with E-state index in [1.54, 1.807) is 12.1 Å². The van der Waals surface area contributed by atoms with E-state index in [0.29, 0.717) is 10.2 Å². The molecule has 6 heteroatoms. The minimum Gasteiger partial charge on any atom is -0.478 e. The van der Waals surface area contributed by atoms with Crippen molar-refractivity contribution in [2.75, 3.05) is 5.32 Å². The molecule has 1 atom stereocenters. The quantitative estimate of drug-likeness (QED) is 0.771. The molecule has 21 heavy (non-hydrogen) atoms. The maximum atomic E-state index is 12.1. The molecule has 0 aromatic heterocycles. The molecule has 0 heterocycles. The number of carbonyl (C=O) groups excluding carboxylic acids is 1. The Labute approximate surface area is 132 Å². The zero-order chi connectivity index (χ0) is 15.6. The number of hydrogen-bond donors (Lipinski definition) is 3. The van der Waals surface area contributed by atoms with Crippen molar-refractivity contribution in [1.29, 1.82) is 0 Å². The van der Waals surface area contributed by atoms with Crippen molar-refractivity contribution in [2.24, 2.45) is 5.41 Å². The highest BCUT2D eigenvalue weighted by molar-refractivity contribution is 9.10. The van der Waals surface area contributed by atoms with Crippen LogP contribution in [0.1, 0.15) is 43.5 Å². The van der Waals surface area contributed by atoms with E-state index in [1.165, 1.54) is 6.07 Å². The molecule has 0 saturated heterocycles. The second kappa shape index (κ2) is 6.05. The van der Waals surface area contributed by atoms with Crippen LogP contribution in [0.25, 0.3) is 0 Å². The highest BCUT2D eigenvalue weighted by atomic mass is 79.9. The van der Waals surface area contributed by atoms with Crippen molar-refractivity contribution >= 4 is 33.6 Å². The van der Waals surface area contributed by atoms with Gasteiger partial charge in [0, 0.05) is 10.5 Å². The van der Waals surface area contributed by atoms with E-state index in [2.05, 4.69) is 40.4 Å². The van der Waals surface area contributed by atoms with E-state index >= 15 is 0 Å². The Morgan fingerprint density at radius 1 is 1.38 bits per heavy atom.